The summed E-state index contributed by atoms with van der Waals surface area (Å²) < 4.78 is 23.7. The highest BCUT2D eigenvalue weighted by molar-refractivity contribution is 7.91. The Morgan fingerprint density at radius 1 is 1.26 bits per heavy atom. The van der Waals surface area contributed by atoms with Crippen molar-refractivity contribution in [1.29, 1.82) is 0 Å². The van der Waals surface area contributed by atoms with Crippen molar-refractivity contribution in [3.63, 3.8) is 0 Å². The van der Waals surface area contributed by atoms with Crippen molar-refractivity contribution < 1.29 is 18.3 Å². The van der Waals surface area contributed by atoms with Crippen LogP contribution in [-0.4, -0.2) is 54.5 Å². The number of aliphatic carboxylic acids is 1. The summed E-state index contributed by atoms with van der Waals surface area (Å²) in [4.78, 5) is 13.3. The van der Waals surface area contributed by atoms with Crippen LogP contribution < -0.4 is 0 Å². The first-order chi connectivity index (χ1) is 8.80. The maximum absolute atomic E-state index is 11.8. The molecule has 5 nitrogen and oxygen atoms in total. The van der Waals surface area contributed by atoms with E-state index in [1.54, 1.807) is 0 Å². The zero-order chi connectivity index (χ0) is 14.2. The zero-order valence-electron chi connectivity index (χ0n) is 11.6. The molecule has 2 fully saturated rings. The Hall–Kier alpha value is -0.620. The molecule has 1 N–H and O–H groups in total. The van der Waals surface area contributed by atoms with Gasteiger partial charge in [0.2, 0.25) is 0 Å². The molecule has 4 unspecified atom stereocenters. The lowest BCUT2D eigenvalue weighted by molar-refractivity contribution is -0.144. The van der Waals surface area contributed by atoms with Crippen molar-refractivity contribution in [1.82, 2.24) is 4.90 Å². The molecule has 0 spiro atoms. The van der Waals surface area contributed by atoms with E-state index in [9.17, 15) is 13.2 Å². The Morgan fingerprint density at radius 2 is 1.95 bits per heavy atom. The van der Waals surface area contributed by atoms with E-state index in [2.05, 4.69) is 4.90 Å². The smallest absolute Gasteiger partial charge is 0.306 e. The Kier molecular flexibility index (Phi) is 4.20. The second-order valence-corrected chi connectivity index (χ2v) is 8.28. The minimum atomic E-state index is -3.01. The number of likely N-dealkylation sites (tertiary alicyclic amines) is 1. The summed E-state index contributed by atoms with van der Waals surface area (Å²) in [5, 5.41) is 8.81. The van der Waals surface area contributed by atoms with Gasteiger partial charge >= 0.3 is 5.97 Å². The topological polar surface area (TPSA) is 74.7 Å². The molecule has 1 aliphatic carbocycles. The average molecular weight is 289 g/mol. The van der Waals surface area contributed by atoms with E-state index in [0.29, 0.717) is 19.4 Å². The molecule has 110 valence electrons. The van der Waals surface area contributed by atoms with Gasteiger partial charge in [-0.2, -0.15) is 0 Å². The highest BCUT2D eigenvalue weighted by Crippen LogP contribution is 2.34. The SMILES string of the molecule is CC1CC(C(=O)O)CCN1C1CCCC1S(C)(=O)=O. The molecular weight excluding hydrogens is 266 g/mol. The fraction of sp³-hybridized carbons (Fsp3) is 0.923. The molecule has 6 heteroatoms. The van der Waals surface area contributed by atoms with Gasteiger partial charge in [-0.3, -0.25) is 9.69 Å². The van der Waals surface area contributed by atoms with Crippen LogP contribution in [0.1, 0.15) is 39.0 Å². The lowest BCUT2D eigenvalue weighted by atomic mass is 9.90. The molecule has 1 aliphatic heterocycles. The Morgan fingerprint density at radius 3 is 2.47 bits per heavy atom. The molecule has 0 bridgehead atoms. The lowest BCUT2D eigenvalue weighted by Crippen LogP contribution is -2.52. The van der Waals surface area contributed by atoms with E-state index in [1.807, 2.05) is 6.92 Å². The Bertz CT molecular complexity index is 448. The van der Waals surface area contributed by atoms with Gasteiger partial charge in [-0.15, -0.1) is 0 Å². The third kappa shape index (κ3) is 3.11. The molecule has 19 heavy (non-hydrogen) atoms. The maximum atomic E-state index is 11.8. The van der Waals surface area contributed by atoms with E-state index in [4.69, 9.17) is 5.11 Å². The minimum Gasteiger partial charge on any atom is -0.481 e. The van der Waals surface area contributed by atoms with Crippen molar-refractivity contribution in [2.45, 2.75) is 56.4 Å². The summed E-state index contributed by atoms with van der Waals surface area (Å²) in [7, 11) is -3.01. The van der Waals surface area contributed by atoms with Gasteiger partial charge in [-0.1, -0.05) is 6.42 Å². The summed E-state index contributed by atoms with van der Waals surface area (Å²) in [5.41, 5.74) is 0. The van der Waals surface area contributed by atoms with Crippen LogP contribution >= 0.6 is 0 Å². The first kappa shape index (κ1) is 14.8. The van der Waals surface area contributed by atoms with Gasteiger partial charge in [-0.05, 0) is 39.2 Å². The maximum Gasteiger partial charge on any atom is 0.306 e. The van der Waals surface area contributed by atoms with Crippen LogP contribution in [0.4, 0.5) is 0 Å². The number of sulfone groups is 1. The Labute approximate surface area is 114 Å². The molecule has 0 aromatic carbocycles. The summed E-state index contributed by atoms with van der Waals surface area (Å²) >= 11 is 0. The molecule has 2 rings (SSSR count). The van der Waals surface area contributed by atoms with Crippen molar-refractivity contribution in [2.24, 2.45) is 5.92 Å². The van der Waals surface area contributed by atoms with E-state index < -0.39 is 15.8 Å². The van der Waals surface area contributed by atoms with Gasteiger partial charge in [0.25, 0.3) is 0 Å². The van der Waals surface area contributed by atoms with Gasteiger partial charge in [-0.25, -0.2) is 8.42 Å². The number of hydrogen-bond donors (Lipinski definition) is 1. The molecule has 1 saturated heterocycles. The van der Waals surface area contributed by atoms with Crippen molar-refractivity contribution >= 4 is 15.8 Å². The molecule has 0 aromatic heterocycles. The number of carbonyl (C=O) groups is 1. The van der Waals surface area contributed by atoms with Gasteiger partial charge in [0.05, 0.1) is 11.2 Å². The second-order valence-electron chi connectivity index (χ2n) is 6.01. The van der Waals surface area contributed by atoms with Gasteiger partial charge in [0.15, 0.2) is 9.84 Å². The van der Waals surface area contributed by atoms with Crippen LogP contribution in [0.25, 0.3) is 0 Å². The fourth-order valence-corrected chi connectivity index (χ4v) is 5.15. The monoisotopic (exact) mass is 289 g/mol. The van der Waals surface area contributed by atoms with Crippen molar-refractivity contribution in [3.05, 3.63) is 0 Å². The fourth-order valence-electron chi connectivity index (χ4n) is 3.69. The third-order valence-corrected chi connectivity index (χ3v) is 6.32. The number of nitrogens with zero attached hydrogens (tertiary/aromatic N) is 1. The van der Waals surface area contributed by atoms with Crippen LogP contribution in [0, 0.1) is 5.92 Å². The second kappa shape index (κ2) is 5.40. The standard InChI is InChI=1S/C13H23NO4S/c1-9-8-10(13(15)16)6-7-14(9)11-4-3-5-12(11)19(2,17)18/h9-12H,3-8H2,1-2H3,(H,15,16). The van der Waals surface area contributed by atoms with E-state index >= 15 is 0 Å². The lowest BCUT2D eigenvalue weighted by Gasteiger charge is -2.42. The largest absolute Gasteiger partial charge is 0.481 e. The first-order valence-electron chi connectivity index (χ1n) is 6.98. The molecule has 1 heterocycles. The van der Waals surface area contributed by atoms with Crippen LogP contribution in [0.15, 0.2) is 0 Å². The quantitative estimate of drug-likeness (QED) is 0.843. The zero-order valence-corrected chi connectivity index (χ0v) is 12.4. The molecule has 4 atom stereocenters. The van der Waals surface area contributed by atoms with E-state index in [1.165, 1.54) is 6.26 Å². The highest BCUT2D eigenvalue weighted by Gasteiger charge is 2.42. The van der Waals surface area contributed by atoms with Crippen LogP contribution in [0.5, 0.6) is 0 Å². The highest BCUT2D eigenvalue weighted by atomic mass is 32.2. The van der Waals surface area contributed by atoms with E-state index in [-0.39, 0.29) is 23.3 Å². The summed E-state index contributed by atoms with van der Waals surface area (Å²) in [6.07, 6.45) is 5.20. The molecule has 2 aliphatic rings. The third-order valence-electron chi connectivity index (χ3n) is 4.67. The van der Waals surface area contributed by atoms with Gasteiger partial charge in [0.1, 0.15) is 0 Å². The number of hydrogen-bond acceptors (Lipinski definition) is 4. The number of rotatable bonds is 3. The van der Waals surface area contributed by atoms with Gasteiger partial charge < -0.3 is 5.11 Å². The molecule has 0 aromatic rings. The summed E-state index contributed by atoms with van der Waals surface area (Å²) in [6.45, 7) is 2.72. The van der Waals surface area contributed by atoms with Crippen LogP contribution in [0.3, 0.4) is 0 Å². The van der Waals surface area contributed by atoms with Gasteiger partial charge in [0, 0.05) is 18.3 Å². The number of carboxylic acid groups (broad SMARTS) is 1. The first-order valence-corrected chi connectivity index (χ1v) is 8.93. The minimum absolute atomic E-state index is 0.0831. The average Bonchev–Trinajstić information content (AvgIpc) is 2.77. The normalized spacial score (nSPS) is 37.4. The molecule has 0 amide bonds. The molecule has 1 saturated carbocycles. The summed E-state index contributed by atoms with van der Waals surface area (Å²) in [5.74, 6) is -0.998. The molecular formula is C13H23NO4S. The van der Waals surface area contributed by atoms with Crippen LogP contribution in [0.2, 0.25) is 0 Å². The van der Waals surface area contributed by atoms with Crippen LogP contribution in [-0.2, 0) is 14.6 Å². The van der Waals surface area contributed by atoms with Crippen molar-refractivity contribution in [2.75, 3.05) is 12.8 Å². The predicted octanol–water partition coefficient (Wildman–Crippen LogP) is 1.14. The summed E-state index contributed by atoms with van der Waals surface area (Å²) in [6, 6.07) is 0.238. The molecule has 0 radical (unpaired) electrons. The number of piperidine rings is 1. The van der Waals surface area contributed by atoms with Crippen molar-refractivity contribution in [3.8, 4) is 0 Å². The predicted molar refractivity (Wildman–Crippen MR) is 72.8 cm³/mol. The van der Waals surface area contributed by atoms with E-state index in [0.717, 1.165) is 19.3 Å². The number of carboxylic acids is 1. The Balaban J connectivity index is 2.08.